The molecule has 0 spiro atoms. The lowest BCUT2D eigenvalue weighted by Crippen LogP contribution is -2.12. The van der Waals surface area contributed by atoms with Crippen LogP contribution in [0.25, 0.3) is 11.4 Å². The van der Waals surface area contributed by atoms with E-state index in [9.17, 15) is 4.79 Å². The zero-order chi connectivity index (χ0) is 21.8. The number of rotatable bonds is 6. The third-order valence-electron chi connectivity index (χ3n) is 5.27. The van der Waals surface area contributed by atoms with Crippen molar-refractivity contribution < 1.29 is 14.3 Å². The van der Waals surface area contributed by atoms with Crippen molar-refractivity contribution in [3.05, 3.63) is 52.8 Å². The Labute approximate surface area is 186 Å². The quantitative estimate of drug-likeness (QED) is 0.584. The predicted octanol–water partition coefficient (Wildman–Crippen LogP) is 4.98. The second-order valence-electron chi connectivity index (χ2n) is 7.36. The Balaban J connectivity index is 1.58. The first-order valence-electron chi connectivity index (χ1n) is 10.4. The SMILES string of the molecule is CCOc1c(Cl)cc(C(=O)Nc2cccc(-c3nnc4n3CCCCC4)c2)cc1OC. The van der Waals surface area contributed by atoms with Crippen molar-refractivity contribution in [1.29, 1.82) is 0 Å². The molecule has 2 aromatic carbocycles. The lowest BCUT2D eigenvalue weighted by atomic mass is 10.1. The molecular weight excluding hydrogens is 416 g/mol. The fourth-order valence-electron chi connectivity index (χ4n) is 3.77. The average molecular weight is 441 g/mol. The van der Waals surface area contributed by atoms with E-state index in [1.54, 1.807) is 12.1 Å². The van der Waals surface area contributed by atoms with Gasteiger partial charge in [-0.3, -0.25) is 4.79 Å². The van der Waals surface area contributed by atoms with Gasteiger partial charge in [0.1, 0.15) is 5.82 Å². The van der Waals surface area contributed by atoms with Gasteiger partial charge in [0.2, 0.25) is 0 Å². The van der Waals surface area contributed by atoms with Crippen LogP contribution in [0.4, 0.5) is 5.69 Å². The van der Waals surface area contributed by atoms with E-state index < -0.39 is 0 Å². The van der Waals surface area contributed by atoms with Gasteiger partial charge in [0.25, 0.3) is 5.91 Å². The number of aromatic nitrogens is 3. The fraction of sp³-hybridized carbons (Fsp3) is 0.348. The Hall–Kier alpha value is -3.06. The molecule has 2 heterocycles. The van der Waals surface area contributed by atoms with Crippen molar-refractivity contribution in [3.8, 4) is 22.9 Å². The third-order valence-corrected chi connectivity index (χ3v) is 5.55. The maximum absolute atomic E-state index is 12.9. The van der Waals surface area contributed by atoms with Gasteiger partial charge in [-0.25, -0.2) is 0 Å². The summed E-state index contributed by atoms with van der Waals surface area (Å²) in [6.45, 7) is 3.22. The van der Waals surface area contributed by atoms with Gasteiger partial charge in [-0.2, -0.15) is 0 Å². The van der Waals surface area contributed by atoms with Crippen LogP contribution in [-0.2, 0) is 13.0 Å². The number of hydrogen-bond donors (Lipinski definition) is 1. The van der Waals surface area contributed by atoms with Gasteiger partial charge in [-0.05, 0) is 44.0 Å². The number of methoxy groups -OCH3 is 1. The molecule has 0 fully saturated rings. The van der Waals surface area contributed by atoms with Gasteiger partial charge in [-0.1, -0.05) is 30.2 Å². The third kappa shape index (κ3) is 4.51. The van der Waals surface area contributed by atoms with E-state index in [4.69, 9.17) is 21.1 Å². The Bertz CT molecular complexity index is 1100. The van der Waals surface area contributed by atoms with Crippen molar-refractivity contribution in [1.82, 2.24) is 14.8 Å². The maximum Gasteiger partial charge on any atom is 0.255 e. The number of carbonyl (C=O) groups is 1. The van der Waals surface area contributed by atoms with Crippen LogP contribution in [0.5, 0.6) is 11.5 Å². The largest absolute Gasteiger partial charge is 0.493 e. The Morgan fingerprint density at radius 2 is 2.06 bits per heavy atom. The molecule has 0 aliphatic carbocycles. The molecule has 0 radical (unpaired) electrons. The van der Waals surface area contributed by atoms with Crippen LogP contribution in [0.15, 0.2) is 36.4 Å². The molecule has 0 unspecified atom stereocenters. The lowest BCUT2D eigenvalue weighted by Gasteiger charge is -2.13. The zero-order valence-corrected chi connectivity index (χ0v) is 18.4. The highest BCUT2D eigenvalue weighted by Gasteiger charge is 2.18. The summed E-state index contributed by atoms with van der Waals surface area (Å²) in [7, 11) is 1.51. The van der Waals surface area contributed by atoms with Gasteiger partial charge < -0.3 is 19.4 Å². The van der Waals surface area contributed by atoms with Crippen LogP contribution in [0.2, 0.25) is 5.02 Å². The molecule has 3 aromatic rings. The average Bonchev–Trinajstić information content (AvgIpc) is 3.03. The van der Waals surface area contributed by atoms with Crippen LogP contribution in [0, 0.1) is 0 Å². The Morgan fingerprint density at radius 3 is 2.87 bits per heavy atom. The zero-order valence-electron chi connectivity index (χ0n) is 17.7. The summed E-state index contributed by atoms with van der Waals surface area (Å²) in [5.74, 6) is 2.41. The molecule has 0 bridgehead atoms. The van der Waals surface area contributed by atoms with E-state index in [1.807, 2.05) is 31.2 Å². The summed E-state index contributed by atoms with van der Waals surface area (Å²) in [6, 6.07) is 10.8. The number of fused-ring (bicyclic) bond motifs is 1. The molecule has 0 saturated carbocycles. The summed E-state index contributed by atoms with van der Waals surface area (Å²) in [6.07, 6.45) is 4.41. The predicted molar refractivity (Wildman–Crippen MR) is 120 cm³/mol. The number of carbonyl (C=O) groups excluding carboxylic acids is 1. The maximum atomic E-state index is 12.9. The summed E-state index contributed by atoms with van der Waals surface area (Å²) in [4.78, 5) is 12.9. The second kappa shape index (κ2) is 9.39. The number of anilines is 1. The molecule has 7 nitrogen and oxygen atoms in total. The summed E-state index contributed by atoms with van der Waals surface area (Å²) in [5, 5.41) is 12.0. The van der Waals surface area contributed by atoms with E-state index >= 15 is 0 Å². The number of halogens is 1. The summed E-state index contributed by atoms with van der Waals surface area (Å²) in [5.41, 5.74) is 1.96. The van der Waals surface area contributed by atoms with E-state index in [-0.39, 0.29) is 5.91 Å². The number of nitrogens with one attached hydrogen (secondary N) is 1. The highest BCUT2D eigenvalue weighted by Crippen LogP contribution is 2.36. The van der Waals surface area contributed by atoms with Crippen LogP contribution >= 0.6 is 11.6 Å². The molecule has 162 valence electrons. The van der Waals surface area contributed by atoms with Crippen molar-refractivity contribution in [3.63, 3.8) is 0 Å². The van der Waals surface area contributed by atoms with Gasteiger partial charge in [0.15, 0.2) is 17.3 Å². The highest BCUT2D eigenvalue weighted by atomic mass is 35.5. The molecule has 1 aliphatic rings. The number of ether oxygens (including phenoxy) is 2. The van der Waals surface area contributed by atoms with E-state index in [2.05, 4.69) is 20.1 Å². The van der Waals surface area contributed by atoms with Crippen LogP contribution in [0.1, 0.15) is 42.4 Å². The number of benzene rings is 2. The van der Waals surface area contributed by atoms with Crippen LogP contribution < -0.4 is 14.8 Å². The van der Waals surface area contributed by atoms with Gasteiger partial charge in [0.05, 0.1) is 18.7 Å². The number of hydrogen-bond acceptors (Lipinski definition) is 5. The number of aryl methyl sites for hydroxylation is 1. The molecule has 8 heteroatoms. The van der Waals surface area contributed by atoms with Gasteiger partial charge >= 0.3 is 0 Å². The van der Waals surface area contributed by atoms with E-state index in [0.717, 1.165) is 43.0 Å². The minimum atomic E-state index is -0.291. The van der Waals surface area contributed by atoms with E-state index in [1.165, 1.54) is 13.5 Å². The van der Waals surface area contributed by atoms with Gasteiger partial charge in [-0.15, -0.1) is 10.2 Å². The first-order valence-corrected chi connectivity index (χ1v) is 10.8. The standard InChI is InChI=1S/C23H25ClN4O3/c1-3-31-21-18(24)13-16(14-19(21)30-2)23(29)25-17-9-7-8-15(12-17)22-27-26-20-10-5-4-6-11-28(20)22/h7-9,12-14H,3-6,10-11H2,1-2H3,(H,25,29). The lowest BCUT2D eigenvalue weighted by molar-refractivity contribution is 0.102. The normalized spacial score (nSPS) is 13.3. The number of amides is 1. The first-order chi connectivity index (χ1) is 15.1. The molecule has 1 N–H and O–H groups in total. The second-order valence-corrected chi connectivity index (χ2v) is 7.77. The highest BCUT2D eigenvalue weighted by molar-refractivity contribution is 6.32. The minimum Gasteiger partial charge on any atom is -0.493 e. The van der Waals surface area contributed by atoms with Crippen LogP contribution in [0.3, 0.4) is 0 Å². The van der Waals surface area contributed by atoms with Crippen molar-refractivity contribution in [2.75, 3.05) is 19.0 Å². The van der Waals surface area contributed by atoms with Crippen molar-refractivity contribution >= 4 is 23.2 Å². The topological polar surface area (TPSA) is 78.3 Å². The van der Waals surface area contributed by atoms with Crippen molar-refractivity contribution in [2.45, 2.75) is 39.2 Å². The monoisotopic (exact) mass is 440 g/mol. The first kappa shape index (κ1) is 21.2. The summed E-state index contributed by atoms with van der Waals surface area (Å²) >= 11 is 6.31. The molecule has 4 rings (SSSR count). The van der Waals surface area contributed by atoms with Crippen LogP contribution in [-0.4, -0.2) is 34.4 Å². The molecular formula is C23H25ClN4O3. The molecule has 1 amide bonds. The smallest absolute Gasteiger partial charge is 0.255 e. The number of nitrogens with zero attached hydrogens (tertiary/aromatic N) is 3. The Morgan fingerprint density at radius 1 is 1.19 bits per heavy atom. The molecule has 31 heavy (non-hydrogen) atoms. The minimum absolute atomic E-state index is 0.291. The summed E-state index contributed by atoms with van der Waals surface area (Å²) < 4.78 is 13.0. The van der Waals surface area contributed by atoms with Crippen molar-refractivity contribution in [2.24, 2.45) is 0 Å². The molecule has 0 saturated heterocycles. The van der Waals surface area contributed by atoms with E-state index in [0.29, 0.717) is 34.4 Å². The molecule has 0 atom stereocenters. The fourth-order valence-corrected chi connectivity index (χ4v) is 4.04. The van der Waals surface area contributed by atoms with Gasteiger partial charge in [0, 0.05) is 29.8 Å². The Kier molecular flexibility index (Phi) is 6.42. The molecule has 1 aliphatic heterocycles. The molecule has 1 aromatic heterocycles.